The predicted molar refractivity (Wildman–Crippen MR) is 96.0 cm³/mol. The van der Waals surface area contributed by atoms with Gasteiger partial charge in [0.25, 0.3) is 5.91 Å². The molecule has 2 aromatic heterocycles. The van der Waals surface area contributed by atoms with E-state index in [1.165, 1.54) is 7.11 Å². The molecule has 2 aromatic rings. The topological polar surface area (TPSA) is 96.1 Å². The molecule has 1 N–H and O–H groups in total. The van der Waals surface area contributed by atoms with Gasteiger partial charge in [0, 0.05) is 39.1 Å². The molecular formula is C18H22N6O2. The lowest BCUT2D eigenvalue weighted by Gasteiger charge is -2.33. The van der Waals surface area contributed by atoms with Gasteiger partial charge in [0.1, 0.15) is 17.5 Å². The van der Waals surface area contributed by atoms with Gasteiger partial charge in [-0.15, -0.1) is 5.10 Å². The molecule has 1 saturated heterocycles. The van der Waals surface area contributed by atoms with Crippen molar-refractivity contribution in [3.05, 3.63) is 35.7 Å². The van der Waals surface area contributed by atoms with Gasteiger partial charge >= 0.3 is 0 Å². The van der Waals surface area contributed by atoms with E-state index < -0.39 is 0 Å². The molecule has 0 unspecified atom stereocenters. The summed E-state index contributed by atoms with van der Waals surface area (Å²) in [6, 6.07) is 5.76. The summed E-state index contributed by atoms with van der Waals surface area (Å²) in [5.41, 5.74) is 1.04. The average molecular weight is 354 g/mol. The number of nitrogens with one attached hydrogen (secondary N) is 1. The fourth-order valence-electron chi connectivity index (χ4n) is 3.19. The standard InChI is InChI=1S/C18H22N6O2/c1-23-12-15(18(22-23)26-2)17(25)21-11-13-5-8-24(9-6-13)16-14(10-19)4-3-7-20-16/h3-4,7,12-13H,5-6,8-9,11H2,1-2H3,(H,21,25). The molecular weight excluding hydrogens is 332 g/mol. The number of carbonyl (C=O) groups is 1. The molecule has 0 aromatic carbocycles. The van der Waals surface area contributed by atoms with Crippen LogP contribution in [0.2, 0.25) is 0 Å². The Balaban J connectivity index is 1.53. The Morgan fingerprint density at radius 2 is 2.23 bits per heavy atom. The van der Waals surface area contributed by atoms with Crippen molar-refractivity contribution in [2.75, 3.05) is 31.6 Å². The number of pyridine rings is 1. The van der Waals surface area contributed by atoms with Gasteiger partial charge in [-0.05, 0) is 30.9 Å². The second-order valence-electron chi connectivity index (χ2n) is 6.35. The molecule has 1 aliphatic rings. The van der Waals surface area contributed by atoms with Crippen LogP contribution in [0.25, 0.3) is 0 Å². The van der Waals surface area contributed by atoms with E-state index in [4.69, 9.17) is 4.74 Å². The number of nitriles is 1. The Kier molecular flexibility index (Phi) is 5.37. The molecule has 0 saturated carbocycles. The highest BCUT2D eigenvalue weighted by Gasteiger charge is 2.23. The number of amides is 1. The Bertz CT molecular complexity index is 817. The number of piperidine rings is 1. The second kappa shape index (κ2) is 7.87. The minimum Gasteiger partial charge on any atom is -0.479 e. The molecule has 136 valence electrons. The van der Waals surface area contributed by atoms with Crippen molar-refractivity contribution in [3.8, 4) is 11.9 Å². The predicted octanol–water partition coefficient (Wildman–Crippen LogP) is 1.34. The molecule has 0 radical (unpaired) electrons. The van der Waals surface area contributed by atoms with Crippen LogP contribution in [-0.4, -0.2) is 47.4 Å². The smallest absolute Gasteiger partial charge is 0.258 e. The van der Waals surface area contributed by atoms with E-state index in [0.29, 0.717) is 29.5 Å². The zero-order valence-electron chi connectivity index (χ0n) is 15.0. The number of nitrogens with zero attached hydrogens (tertiary/aromatic N) is 5. The van der Waals surface area contributed by atoms with Gasteiger partial charge in [0.2, 0.25) is 5.88 Å². The third kappa shape index (κ3) is 3.77. The van der Waals surface area contributed by atoms with Crippen LogP contribution in [-0.2, 0) is 7.05 Å². The highest BCUT2D eigenvalue weighted by molar-refractivity contribution is 5.96. The quantitative estimate of drug-likeness (QED) is 0.870. The molecule has 1 fully saturated rings. The summed E-state index contributed by atoms with van der Waals surface area (Å²) >= 11 is 0. The zero-order chi connectivity index (χ0) is 18.5. The molecule has 8 heteroatoms. The summed E-state index contributed by atoms with van der Waals surface area (Å²) < 4.78 is 6.69. The van der Waals surface area contributed by atoms with E-state index in [1.54, 1.807) is 36.3 Å². The minimum atomic E-state index is -0.172. The number of hydrogen-bond acceptors (Lipinski definition) is 6. The zero-order valence-corrected chi connectivity index (χ0v) is 15.0. The molecule has 1 aliphatic heterocycles. The van der Waals surface area contributed by atoms with Crippen LogP contribution in [0.15, 0.2) is 24.5 Å². The van der Waals surface area contributed by atoms with E-state index in [9.17, 15) is 10.1 Å². The van der Waals surface area contributed by atoms with Crippen molar-refractivity contribution in [3.63, 3.8) is 0 Å². The largest absolute Gasteiger partial charge is 0.479 e. The summed E-state index contributed by atoms with van der Waals surface area (Å²) in [7, 11) is 3.25. The maximum Gasteiger partial charge on any atom is 0.258 e. The van der Waals surface area contributed by atoms with Gasteiger partial charge in [-0.25, -0.2) is 4.98 Å². The summed E-state index contributed by atoms with van der Waals surface area (Å²) in [5, 5.41) is 16.3. The van der Waals surface area contributed by atoms with Crippen molar-refractivity contribution in [1.82, 2.24) is 20.1 Å². The van der Waals surface area contributed by atoms with E-state index >= 15 is 0 Å². The maximum absolute atomic E-state index is 12.3. The lowest BCUT2D eigenvalue weighted by Crippen LogP contribution is -2.39. The first-order valence-corrected chi connectivity index (χ1v) is 8.58. The minimum absolute atomic E-state index is 0.172. The van der Waals surface area contributed by atoms with Crippen LogP contribution in [0.5, 0.6) is 5.88 Å². The molecule has 0 aliphatic carbocycles. The highest BCUT2D eigenvalue weighted by Crippen LogP contribution is 2.24. The van der Waals surface area contributed by atoms with E-state index in [2.05, 4.69) is 26.4 Å². The summed E-state index contributed by atoms with van der Waals surface area (Å²) in [6.45, 7) is 2.25. The molecule has 3 rings (SSSR count). The van der Waals surface area contributed by atoms with Crippen molar-refractivity contribution < 1.29 is 9.53 Å². The van der Waals surface area contributed by atoms with Crippen LogP contribution in [0, 0.1) is 17.2 Å². The third-order valence-electron chi connectivity index (χ3n) is 4.61. The number of anilines is 1. The summed E-state index contributed by atoms with van der Waals surface area (Å²) in [4.78, 5) is 18.8. The maximum atomic E-state index is 12.3. The first-order valence-electron chi connectivity index (χ1n) is 8.58. The van der Waals surface area contributed by atoms with Crippen LogP contribution < -0.4 is 15.0 Å². The van der Waals surface area contributed by atoms with Gasteiger partial charge in [-0.2, -0.15) is 5.26 Å². The third-order valence-corrected chi connectivity index (χ3v) is 4.61. The van der Waals surface area contributed by atoms with E-state index in [-0.39, 0.29) is 5.91 Å². The van der Waals surface area contributed by atoms with Crippen LogP contribution in [0.4, 0.5) is 5.82 Å². The van der Waals surface area contributed by atoms with Gasteiger partial charge in [0.05, 0.1) is 12.7 Å². The molecule has 0 bridgehead atoms. The Morgan fingerprint density at radius 1 is 1.46 bits per heavy atom. The van der Waals surface area contributed by atoms with Crippen molar-refractivity contribution in [1.29, 1.82) is 5.26 Å². The van der Waals surface area contributed by atoms with Crippen molar-refractivity contribution >= 4 is 11.7 Å². The molecule has 0 atom stereocenters. The van der Waals surface area contributed by atoms with Gasteiger partial charge in [-0.1, -0.05) is 0 Å². The number of methoxy groups -OCH3 is 1. The normalized spacial score (nSPS) is 14.7. The first-order chi connectivity index (χ1) is 12.6. The van der Waals surface area contributed by atoms with Gasteiger partial charge < -0.3 is 15.0 Å². The van der Waals surface area contributed by atoms with Crippen LogP contribution in [0.1, 0.15) is 28.8 Å². The van der Waals surface area contributed by atoms with E-state index in [1.807, 2.05) is 0 Å². The van der Waals surface area contributed by atoms with Crippen molar-refractivity contribution in [2.24, 2.45) is 13.0 Å². The number of hydrogen-bond donors (Lipinski definition) is 1. The van der Waals surface area contributed by atoms with Gasteiger partial charge in [0.15, 0.2) is 0 Å². The number of aryl methyl sites for hydroxylation is 1. The number of aromatic nitrogens is 3. The molecule has 1 amide bonds. The Morgan fingerprint density at radius 3 is 2.92 bits per heavy atom. The van der Waals surface area contributed by atoms with Crippen LogP contribution in [0.3, 0.4) is 0 Å². The fraction of sp³-hybridized carbons (Fsp3) is 0.444. The van der Waals surface area contributed by atoms with E-state index in [0.717, 1.165) is 31.7 Å². The fourth-order valence-corrected chi connectivity index (χ4v) is 3.19. The summed E-state index contributed by atoms with van der Waals surface area (Å²) in [5.74, 6) is 1.30. The van der Waals surface area contributed by atoms with Crippen LogP contribution >= 0.6 is 0 Å². The number of rotatable bonds is 5. The second-order valence-corrected chi connectivity index (χ2v) is 6.35. The first kappa shape index (κ1) is 17.7. The Hall–Kier alpha value is -3.08. The summed E-state index contributed by atoms with van der Waals surface area (Å²) in [6.07, 6.45) is 5.24. The molecule has 3 heterocycles. The van der Waals surface area contributed by atoms with Gasteiger partial charge in [-0.3, -0.25) is 9.48 Å². The lowest BCUT2D eigenvalue weighted by molar-refractivity contribution is 0.0942. The molecule has 8 nitrogen and oxygen atoms in total. The highest BCUT2D eigenvalue weighted by atomic mass is 16.5. The number of ether oxygens (including phenoxy) is 1. The monoisotopic (exact) mass is 354 g/mol. The van der Waals surface area contributed by atoms with Crippen molar-refractivity contribution in [2.45, 2.75) is 12.8 Å². The molecule has 0 spiro atoms. The molecule has 26 heavy (non-hydrogen) atoms. The Labute approximate surface area is 152 Å². The SMILES string of the molecule is COc1nn(C)cc1C(=O)NCC1CCN(c2ncccc2C#N)CC1. The average Bonchev–Trinajstić information content (AvgIpc) is 3.07. The lowest BCUT2D eigenvalue weighted by atomic mass is 9.96. The number of carbonyl (C=O) groups excluding carboxylic acids is 1.